The molecule has 2 heterocycles. The highest BCUT2D eigenvalue weighted by atomic mass is 15.2. The van der Waals surface area contributed by atoms with Gasteiger partial charge in [0, 0.05) is 31.4 Å². The van der Waals surface area contributed by atoms with E-state index in [0.717, 1.165) is 26.2 Å². The van der Waals surface area contributed by atoms with Gasteiger partial charge in [-0.3, -0.25) is 10.00 Å². The Morgan fingerprint density at radius 3 is 2.86 bits per heavy atom. The van der Waals surface area contributed by atoms with Gasteiger partial charge in [-0.25, -0.2) is 0 Å². The van der Waals surface area contributed by atoms with Crippen LogP contribution in [0.3, 0.4) is 0 Å². The first-order valence-corrected chi connectivity index (χ1v) is 8.31. The maximum absolute atomic E-state index is 5.38. The summed E-state index contributed by atoms with van der Waals surface area (Å²) in [5.74, 6) is 2.74. The Balaban J connectivity index is 1.50. The minimum absolute atomic E-state index is 0.608. The molecule has 1 aromatic rings. The molecular formula is C17H26N4. The highest BCUT2D eigenvalue weighted by molar-refractivity contribution is 5.26. The SMILES string of the molecule is C#CCN1CCC(NCc2n[nH]c3c2CCCCC3)CC1. The lowest BCUT2D eigenvalue weighted by Gasteiger charge is -2.31. The van der Waals surface area contributed by atoms with Crippen molar-refractivity contribution >= 4 is 0 Å². The van der Waals surface area contributed by atoms with E-state index < -0.39 is 0 Å². The van der Waals surface area contributed by atoms with Gasteiger partial charge in [-0.2, -0.15) is 5.10 Å². The van der Waals surface area contributed by atoms with Crippen molar-refractivity contribution in [3.05, 3.63) is 17.0 Å². The zero-order valence-electron chi connectivity index (χ0n) is 12.8. The highest BCUT2D eigenvalue weighted by Gasteiger charge is 2.20. The van der Waals surface area contributed by atoms with Gasteiger partial charge in [0.1, 0.15) is 0 Å². The number of hydrogen-bond donors (Lipinski definition) is 2. The molecule has 2 N–H and O–H groups in total. The molecule has 4 heteroatoms. The number of H-pyrrole nitrogens is 1. The molecule has 21 heavy (non-hydrogen) atoms. The van der Waals surface area contributed by atoms with Gasteiger partial charge in [-0.05, 0) is 44.1 Å². The summed E-state index contributed by atoms with van der Waals surface area (Å²) in [6.45, 7) is 3.92. The Morgan fingerprint density at radius 2 is 2.05 bits per heavy atom. The van der Waals surface area contributed by atoms with E-state index in [0.29, 0.717) is 6.04 Å². The largest absolute Gasteiger partial charge is 0.308 e. The van der Waals surface area contributed by atoms with Crippen molar-refractivity contribution in [2.45, 2.75) is 57.5 Å². The fraction of sp³-hybridized carbons (Fsp3) is 0.706. The second kappa shape index (κ2) is 7.11. The Hall–Kier alpha value is -1.31. The molecular weight excluding hydrogens is 260 g/mol. The fourth-order valence-corrected chi connectivity index (χ4v) is 3.54. The maximum atomic E-state index is 5.38. The molecule has 0 radical (unpaired) electrons. The van der Waals surface area contributed by atoms with Crippen LogP contribution >= 0.6 is 0 Å². The zero-order chi connectivity index (χ0) is 14.5. The summed E-state index contributed by atoms with van der Waals surface area (Å²) in [6.07, 6.45) is 14.1. The quantitative estimate of drug-likeness (QED) is 0.656. The molecule has 1 aliphatic heterocycles. The van der Waals surface area contributed by atoms with Crippen LogP contribution in [0, 0.1) is 12.3 Å². The first kappa shape index (κ1) is 14.6. The van der Waals surface area contributed by atoms with Crippen LogP contribution in [0.25, 0.3) is 0 Å². The molecule has 0 amide bonds. The molecule has 0 aromatic carbocycles. The van der Waals surface area contributed by atoms with Crippen LogP contribution in [0.2, 0.25) is 0 Å². The Kier molecular flexibility index (Phi) is 4.95. The molecule has 0 spiro atoms. The van der Waals surface area contributed by atoms with Gasteiger partial charge in [0.25, 0.3) is 0 Å². The highest BCUT2D eigenvalue weighted by Crippen LogP contribution is 2.22. The third-order valence-corrected chi connectivity index (χ3v) is 4.85. The van der Waals surface area contributed by atoms with Gasteiger partial charge in [0.15, 0.2) is 0 Å². The number of fused-ring (bicyclic) bond motifs is 1. The van der Waals surface area contributed by atoms with E-state index in [1.54, 1.807) is 0 Å². The molecule has 0 bridgehead atoms. The number of piperidine rings is 1. The van der Waals surface area contributed by atoms with Crippen molar-refractivity contribution in [3.8, 4) is 12.3 Å². The predicted molar refractivity (Wildman–Crippen MR) is 85.0 cm³/mol. The molecule has 4 nitrogen and oxygen atoms in total. The molecule has 1 saturated heterocycles. The lowest BCUT2D eigenvalue weighted by Crippen LogP contribution is -2.42. The number of rotatable bonds is 4. The lowest BCUT2D eigenvalue weighted by atomic mass is 10.0. The van der Waals surface area contributed by atoms with E-state index >= 15 is 0 Å². The second-order valence-electron chi connectivity index (χ2n) is 6.32. The number of aryl methyl sites for hydroxylation is 1. The summed E-state index contributed by atoms with van der Waals surface area (Å²) >= 11 is 0. The summed E-state index contributed by atoms with van der Waals surface area (Å²) in [4.78, 5) is 2.36. The van der Waals surface area contributed by atoms with Gasteiger partial charge in [0.05, 0.1) is 12.2 Å². The van der Waals surface area contributed by atoms with Crippen LogP contribution in [0.4, 0.5) is 0 Å². The molecule has 3 rings (SSSR count). The normalized spacial score (nSPS) is 20.7. The first-order chi connectivity index (χ1) is 10.4. The molecule has 2 aliphatic rings. The first-order valence-electron chi connectivity index (χ1n) is 8.31. The second-order valence-corrected chi connectivity index (χ2v) is 6.32. The lowest BCUT2D eigenvalue weighted by molar-refractivity contribution is 0.217. The van der Waals surface area contributed by atoms with Gasteiger partial charge < -0.3 is 5.32 Å². The van der Waals surface area contributed by atoms with Gasteiger partial charge in [-0.1, -0.05) is 12.3 Å². The molecule has 0 unspecified atom stereocenters. The van der Waals surface area contributed by atoms with Crippen molar-refractivity contribution in [2.75, 3.05) is 19.6 Å². The van der Waals surface area contributed by atoms with Crippen LogP contribution in [-0.2, 0) is 19.4 Å². The Labute approximate surface area is 127 Å². The predicted octanol–water partition coefficient (Wildman–Crippen LogP) is 1.87. The molecule has 1 fully saturated rings. The van der Waals surface area contributed by atoms with Crippen LogP contribution in [0.1, 0.15) is 49.1 Å². The molecule has 0 saturated carbocycles. The van der Waals surface area contributed by atoms with Gasteiger partial charge in [-0.15, -0.1) is 6.42 Å². The zero-order valence-corrected chi connectivity index (χ0v) is 12.8. The number of nitrogens with one attached hydrogen (secondary N) is 2. The third kappa shape index (κ3) is 3.66. The minimum atomic E-state index is 0.608. The molecule has 114 valence electrons. The van der Waals surface area contributed by atoms with Gasteiger partial charge >= 0.3 is 0 Å². The van der Waals surface area contributed by atoms with Crippen molar-refractivity contribution in [3.63, 3.8) is 0 Å². The molecule has 0 atom stereocenters. The maximum Gasteiger partial charge on any atom is 0.0794 e. The van der Waals surface area contributed by atoms with E-state index in [9.17, 15) is 0 Å². The van der Waals surface area contributed by atoms with E-state index in [-0.39, 0.29) is 0 Å². The monoisotopic (exact) mass is 286 g/mol. The van der Waals surface area contributed by atoms with Crippen molar-refractivity contribution in [1.82, 2.24) is 20.4 Å². The third-order valence-electron chi connectivity index (χ3n) is 4.85. The average Bonchev–Trinajstić information content (AvgIpc) is 2.74. The van der Waals surface area contributed by atoms with Crippen molar-refractivity contribution in [2.24, 2.45) is 0 Å². The summed E-state index contributed by atoms with van der Waals surface area (Å²) in [6, 6.07) is 0.608. The summed E-state index contributed by atoms with van der Waals surface area (Å²) in [7, 11) is 0. The van der Waals surface area contributed by atoms with Gasteiger partial charge in [0.2, 0.25) is 0 Å². The minimum Gasteiger partial charge on any atom is -0.308 e. The number of hydrogen-bond acceptors (Lipinski definition) is 3. The fourth-order valence-electron chi connectivity index (χ4n) is 3.54. The molecule has 1 aromatic heterocycles. The number of terminal acetylenes is 1. The van der Waals surface area contributed by atoms with Crippen molar-refractivity contribution < 1.29 is 0 Å². The summed E-state index contributed by atoms with van der Waals surface area (Å²) in [5, 5.41) is 11.5. The smallest absolute Gasteiger partial charge is 0.0794 e. The van der Waals surface area contributed by atoms with E-state index in [4.69, 9.17) is 6.42 Å². The Morgan fingerprint density at radius 1 is 1.24 bits per heavy atom. The standard InChI is InChI=1S/C17H26N4/c1-2-10-21-11-8-14(9-12-21)18-13-17-15-6-4-3-5-7-16(15)19-20-17/h1,14,18H,3-13H2,(H,19,20). The van der Waals surface area contributed by atoms with Crippen molar-refractivity contribution in [1.29, 1.82) is 0 Å². The van der Waals surface area contributed by atoms with Crippen LogP contribution < -0.4 is 5.32 Å². The summed E-state index contributed by atoms with van der Waals surface area (Å²) in [5.41, 5.74) is 4.12. The molecule has 1 aliphatic carbocycles. The number of likely N-dealkylation sites (tertiary alicyclic amines) is 1. The summed E-state index contributed by atoms with van der Waals surface area (Å²) < 4.78 is 0. The van der Waals surface area contributed by atoms with E-state index in [1.807, 2.05) is 0 Å². The average molecular weight is 286 g/mol. The topological polar surface area (TPSA) is 44.0 Å². The van der Waals surface area contributed by atoms with Crippen LogP contribution in [0.5, 0.6) is 0 Å². The Bertz CT molecular complexity index is 491. The van der Waals surface area contributed by atoms with Crippen LogP contribution in [0.15, 0.2) is 0 Å². The van der Waals surface area contributed by atoms with E-state index in [2.05, 4.69) is 26.3 Å². The number of nitrogens with zero attached hydrogens (tertiary/aromatic N) is 2. The van der Waals surface area contributed by atoms with Crippen LogP contribution in [-0.4, -0.2) is 40.8 Å². The number of aromatic amines is 1. The number of aromatic nitrogens is 2. The van der Waals surface area contributed by atoms with E-state index in [1.165, 1.54) is 61.9 Å².